The van der Waals surface area contributed by atoms with Gasteiger partial charge in [-0.2, -0.15) is 10.2 Å². The minimum atomic E-state index is -0.208. The van der Waals surface area contributed by atoms with Crippen molar-refractivity contribution in [2.45, 2.75) is 59.8 Å². The van der Waals surface area contributed by atoms with E-state index in [-0.39, 0.29) is 11.8 Å². The van der Waals surface area contributed by atoms with Gasteiger partial charge in [-0.1, -0.05) is 26.8 Å². The summed E-state index contributed by atoms with van der Waals surface area (Å²) >= 11 is 0. The summed E-state index contributed by atoms with van der Waals surface area (Å²) in [6.07, 6.45) is 4.87. The van der Waals surface area contributed by atoms with Gasteiger partial charge in [-0.05, 0) is 62.9 Å². The van der Waals surface area contributed by atoms with Crippen LogP contribution in [0.5, 0.6) is 11.5 Å². The van der Waals surface area contributed by atoms with Crippen molar-refractivity contribution in [3.63, 3.8) is 0 Å². The van der Waals surface area contributed by atoms with E-state index in [2.05, 4.69) is 34.3 Å². The lowest BCUT2D eigenvalue weighted by molar-refractivity contribution is -0.118. The molecule has 37 heavy (non-hydrogen) atoms. The summed E-state index contributed by atoms with van der Waals surface area (Å²) in [6, 6.07) is 11.1. The first-order valence-corrected chi connectivity index (χ1v) is 12.6. The van der Waals surface area contributed by atoms with Crippen LogP contribution in [0.15, 0.2) is 42.6 Å². The van der Waals surface area contributed by atoms with Crippen LogP contribution in [0.4, 0.5) is 5.69 Å². The van der Waals surface area contributed by atoms with Crippen molar-refractivity contribution >= 4 is 23.0 Å². The number of hydrogen-bond donors (Lipinski definition) is 1. The van der Waals surface area contributed by atoms with Gasteiger partial charge >= 0.3 is 0 Å². The van der Waals surface area contributed by atoms with E-state index in [1.165, 1.54) is 0 Å². The summed E-state index contributed by atoms with van der Waals surface area (Å²) in [4.78, 5) is 27.5. The van der Waals surface area contributed by atoms with E-state index in [4.69, 9.17) is 4.74 Å². The fourth-order valence-corrected chi connectivity index (χ4v) is 3.71. The highest BCUT2D eigenvalue weighted by atomic mass is 16.5. The topological polar surface area (TPSA) is 103 Å². The minimum absolute atomic E-state index is 0.208. The van der Waals surface area contributed by atoms with E-state index in [0.29, 0.717) is 34.6 Å². The van der Waals surface area contributed by atoms with Crippen LogP contribution in [0, 0.1) is 12.8 Å². The third kappa shape index (κ3) is 6.41. The predicted octanol–water partition coefficient (Wildman–Crippen LogP) is 5.49. The minimum Gasteiger partial charge on any atom is -0.456 e. The van der Waals surface area contributed by atoms with Crippen molar-refractivity contribution in [1.82, 2.24) is 24.4 Å². The fraction of sp³-hybridized carbons (Fsp3) is 0.393. The van der Waals surface area contributed by atoms with Crippen molar-refractivity contribution in [1.29, 1.82) is 0 Å². The van der Waals surface area contributed by atoms with E-state index in [9.17, 15) is 9.59 Å². The molecule has 0 spiro atoms. The molecule has 1 N–H and O–H groups in total. The van der Waals surface area contributed by atoms with Crippen LogP contribution in [0.2, 0.25) is 0 Å². The molecule has 1 saturated carbocycles. The number of nitrogens with one attached hydrogen (secondary N) is 1. The average Bonchev–Trinajstić information content (AvgIpc) is 3.52. The fourth-order valence-electron chi connectivity index (χ4n) is 3.71. The molecule has 1 amide bonds. The predicted molar refractivity (Wildman–Crippen MR) is 142 cm³/mol. The first-order chi connectivity index (χ1) is 17.6. The highest BCUT2D eigenvalue weighted by molar-refractivity contribution is 6.03. The Morgan fingerprint density at radius 3 is 2.43 bits per heavy atom. The van der Waals surface area contributed by atoms with Crippen LogP contribution in [0.25, 0.3) is 5.65 Å². The van der Waals surface area contributed by atoms with E-state index in [0.717, 1.165) is 42.0 Å². The average molecular weight is 503 g/mol. The lowest BCUT2D eigenvalue weighted by Crippen LogP contribution is -2.16. The van der Waals surface area contributed by atoms with Gasteiger partial charge in [0.1, 0.15) is 23.0 Å². The third-order valence-corrected chi connectivity index (χ3v) is 6.21. The zero-order chi connectivity index (χ0) is 26.7. The maximum atomic E-state index is 12.8. The zero-order valence-corrected chi connectivity index (χ0v) is 22.3. The second kappa shape index (κ2) is 10.9. The van der Waals surface area contributed by atoms with Crippen molar-refractivity contribution in [3.05, 3.63) is 65.4 Å². The molecule has 9 heteroatoms. The van der Waals surface area contributed by atoms with Gasteiger partial charge in [-0.3, -0.25) is 14.3 Å². The van der Waals surface area contributed by atoms with Gasteiger partial charge in [0.2, 0.25) is 0 Å². The molecule has 0 unspecified atom stereocenters. The summed E-state index contributed by atoms with van der Waals surface area (Å²) in [5.74, 6) is 2.91. The number of Topliss-reactive ketones (excluding diaryl/α,β-unsaturated/α-hetero) is 1. The second-order valence-corrected chi connectivity index (χ2v) is 9.71. The van der Waals surface area contributed by atoms with Crippen molar-refractivity contribution in [3.8, 4) is 11.5 Å². The quantitative estimate of drug-likeness (QED) is 0.359. The van der Waals surface area contributed by atoms with Gasteiger partial charge < -0.3 is 10.1 Å². The Kier molecular flexibility index (Phi) is 7.71. The summed E-state index contributed by atoms with van der Waals surface area (Å²) in [7, 11) is 1.77. The normalized spacial score (nSPS) is 12.8. The monoisotopic (exact) mass is 502 g/mol. The molecule has 3 aromatic heterocycles. The summed E-state index contributed by atoms with van der Waals surface area (Å²) in [5, 5.41) is 11.8. The summed E-state index contributed by atoms with van der Waals surface area (Å²) < 4.78 is 9.34. The van der Waals surface area contributed by atoms with Crippen LogP contribution < -0.4 is 10.1 Å². The number of carbonyl (C=O) groups is 2. The molecule has 0 radical (unpaired) electrons. The molecule has 1 fully saturated rings. The molecule has 1 aliphatic rings. The van der Waals surface area contributed by atoms with E-state index < -0.39 is 0 Å². The first kappa shape index (κ1) is 26.1. The van der Waals surface area contributed by atoms with Crippen molar-refractivity contribution in [2.75, 3.05) is 5.32 Å². The van der Waals surface area contributed by atoms with Crippen LogP contribution in [-0.4, -0.2) is 36.1 Å². The van der Waals surface area contributed by atoms with E-state index >= 15 is 0 Å². The van der Waals surface area contributed by atoms with Gasteiger partial charge in [0.15, 0.2) is 11.5 Å². The number of pyridine rings is 1. The lowest BCUT2D eigenvalue weighted by Gasteiger charge is -2.12. The first-order valence-electron chi connectivity index (χ1n) is 12.6. The van der Waals surface area contributed by atoms with Crippen LogP contribution in [0.1, 0.15) is 74.0 Å². The Bertz CT molecular complexity index is 1430. The summed E-state index contributed by atoms with van der Waals surface area (Å²) in [5.41, 5.74) is 3.79. The van der Waals surface area contributed by atoms with E-state index in [1.54, 1.807) is 29.4 Å². The SMILES string of the molecule is CC(=O)C1CC1.CCc1cc(C(=O)Nc2cc(Oc3ccc4nc(C(C)C)nn4c3)ccc2C)n(C)n1. The molecule has 194 valence electrons. The van der Waals surface area contributed by atoms with Gasteiger partial charge in [0.05, 0.1) is 11.9 Å². The maximum absolute atomic E-state index is 12.8. The number of ketones is 1. The van der Waals surface area contributed by atoms with Crippen LogP contribution in [-0.2, 0) is 18.3 Å². The van der Waals surface area contributed by atoms with Crippen molar-refractivity contribution in [2.24, 2.45) is 13.0 Å². The number of rotatable bonds is 7. The number of aryl methyl sites for hydroxylation is 3. The smallest absolute Gasteiger partial charge is 0.273 e. The molecule has 5 rings (SSSR count). The standard InChI is InChI=1S/C23H26N6O2.C5H8O/c1-6-16-11-20(28(5)26-16)23(30)24-19-12-17(8-7-15(19)4)31-18-9-10-21-25-22(14(2)3)27-29(21)13-18;1-4(6)5-2-3-5/h7-14H,6H2,1-5H3,(H,24,30);5H,2-3H2,1H3. The summed E-state index contributed by atoms with van der Waals surface area (Å²) in [6.45, 7) is 9.73. The number of amides is 1. The molecule has 0 saturated heterocycles. The molecular weight excluding hydrogens is 468 g/mol. The Morgan fingerprint density at radius 1 is 1.11 bits per heavy atom. The molecule has 9 nitrogen and oxygen atoms in total. The van der Waals surface area contributed by atoms with Gasteiger partial charge in [0, 0.05) is 30.6 Å². The Hall–Kier alpha value is -4.01. The third-order valence-electron chi connectivity index (χ3n) is 6.21. The molecule has 4 aromatic rings. The van der Waals surface area contributed by atoms with Gasteiger partial charge in [0.25, 0.3) is 5.91 Å². The number of aromatic nitrogens is 5. The number of anilines is 1. The highest BCUT2D eigenvalue weighted by Gasteiger charge is 2.25. The molecule has 3 heterocycles. The number of fused-ring (bicyclic) bond motifs is 1. The number of ether oxygens (including phenoxy) is 1. The lowest BCUT2D eigenvalue weighted by atomic mass is 10.2. The van der Waals surface area contributed by atoms with Crippen molar-refractivity contribution < 1.29 is 14.3 Å². The highest BCUT2D eigenvalue weighted by Crippen LogP contribution is 2.29. The van der Waals surface area contributed by atoms with Crippen LogP contribution in [0.3, 0.4) is 0 Å². The number of hydrogen-bond acceptors (Lipinski definition) is 6. The molecule has 1 aromatic carbocycles. The van der Waals surface area contributed by atoms with E-state index in [1.807, 2.05) is 50.2 Å². The molecule has 1 aliphatic carbocycles. The maximum Gasteiger partial charge on any atom is 0.273 e. The molecular formula is C28H34N6O3. The molecule has 0 aliphatic heterocycles. The second-order valence-electron chi connectivity index (χ2n) is 9.71. The largest absolute Gasteiger partial charge is 0.456 e. The van der Waals surface area contributed by atoms with Crippen LogP contribution >= 0.6 is 0 Å². The number of nitrogens with zero attached hydrogens (tertiary/aromatic N) is 5. The van der Waals surface area contributed by atoms with Gasteiger partial charge in [-0.15, -0.1) is 0 Å². The number of benzene rings is 1. The number of carbonyl (C=O) groups excluding carboxylic acids is 2. The zero-order valence-electron chi connectivity index (χ0n) is 22.3. The Balaban J connectivity index is 0.000000469. The Morgan fingerprint density at radius 2 is 1.84 bits per heavy atom. The molecule has 0 atom stereocenters. The van der Waals surface area contributed by atoms with Gasteiger partial charge in [-0.25, -0.2) is 9.50 Å². The molecule has 0 bridgehead atoms. The Labute approximate surface area is 216 Å².